The molecule has 2 atom stereocenters. The van der Waals surface area contributed by atoms with E-state index in [-0.39, 0.29) is 18.7 Å². The standard InChI is InChI=1S/C12H14F3N3O3/c13-12(14,15)7-21-9-3-1-8(2-4-9)11(20)10(19)5-6-17-18-16/h1-4,10-11,19-20H,5-7H2. The third kappa shape index (κ3) is 6.35. The smallest absolute Gasteiger partial charge is 0.422 e. The monoisotopic (exact) mass is 305 g/mol. The normalized spacial score (nSPS) is 14.1. The summed E-state index contributed by atoms with van der Waals surface area (Å²) in [6, 6.07) is 5.25. The van der Waals surface area contributed by atoms with Crippen molar-refractivity contribution < 1.29 is 28.1 Å². The molecule has 0 radical (unpaired) electrons. The zero-order valence-corrected chi connectivity index (χ0v) is 10.9. The van der Waals surface area contributed by atoms with E-state index in [1.54, 1.807) is 0 Å². The van der Waals surface area contributed by atoms with E-state index in [1.807, 2.05) is 0 Å². The van der Waals surface area contributed by atoms with Crippen molar-refractivity contribution in [2.75, 3.05) is 13.2 Å². The molecule has 2 unspecified atom stereocenters. The molecule has 0 saturated heterocycles. The summed E-state index contributed by atoms with van der Waals surface area (Å²) in [5, 5.41) is 22.7. The van der Waals surface area contributed by atoms with Gasteiger partial charge in [-0.25, -0.2) is 0 Å². The molecule has 9 heteroatoms. The van der Waals surface area contributed by atoms with Crippen LogP contribution in [0.3, 0.4) is 0 Å². The number of ether oxygens (including phenoxy) is 1. The Morgan fingerprint density at radius 3 is 2.38 bits per heavy atom. The van der Waals surface area contributed by atoms with Crippen LogP contribution in [0.5, 0.6) is 5.75 Å². The van der Waals surface area contributed by atoms with Crippen LogP contribution in [0.4, 0.5) is 13.2 Å². The van der Waals surface area contributed by atoms with E-state index < -0.39 is 25.0 Å². The summed E-state index contributed by atoms with van der Waals surface area (Å²) in [4.78, 5) is 2.52. The number of aliphatic hydroxyl groups excluding tert-OH is 2. The second-order valence-corrected chi connectivity index (χ2v) is 4.23. The van der Waals surface area contributed by atoms with Crippen LogP contribution in [-0.4, -0.2) is 35.6 Å². The van der Waals surface area contributed by atoms with Gasteiger partial charge in [0.1, 0.15) is 11.9 Å². The van der Waals surface area contributed by atoms with Crippen LogP contribution in [0, 0.1) is 0 Å². The van der Waals surface area contributed by atoms with Crippen molar-refractivity contribution in [1.82, 2.24) is 0 Å². The fourth-order valence-corrected chi connectivity index (χ4v) is 1.54. The van der Waals surface area contributed by atoms with Crippen molar-refractivity contribution in [1.29, 1.82) is 0 Å². The highest BCUT2D eigenvalue weighted by Crippen LogP contribution is 2.23. The van der Waals surface area contributed by atoms with E-state index in [0.717, 1.165) is 0 Å². The highest BCUT2D eigenvalue weighted by atomic mass is 19.4. The van der Waals surface area contributed by atoms with Crippen molar-refractivity contribution in [2.45, 2.75) is 24.8 Å². The minimum atomic E-state index is -4.42. The second-order valence-electron chi connectivity index (χ2n) is 4.23. The second kappa shape index (κ2) is 7.72. The van der Waals surface area contributed by atoms with Gasteiger partial charge in [-0.15, -0.1) is 0 Å². The van der Waals surface area contributed by atoms with Crippen LogP contribution in [-0.2, 0) is 0 Å². The minimum absolute atomic E-state index is 0.00634. The Bertz CT molecular complexity index is 487. The van der Waals surface area contributed by atoms with Crippen LogP contribution in [0.25, 0.3) is 10.4 Å². The summed E-state index contributed by atoms with van der Waals surface area (Å²) in [6.45, 7) is -1.37. The molecular formula is C12H14F3N3O3. The van der Waals surface area contributed by atoms with Crippen LogP contribution in [0.1, 0.15) is 18.1 Å². The molecule has 0 aliphatic rings. The molecule has 0 aliphatic carbocycles. The molecule has 0 amide bonds. The number of hydrogen-bond acceptors (Lipinski definition) is 4. The lowest BCUT2D eigenvalue weighted by molar-refractivity contribution is -0.153. The quantitative estimate of drug-likeness (QED) is 0.460. The molecule has 6 nitrogen and oxygen atoms in total. The number of rotatable bonds is 7. The molecule has 0 aromatic heterocycles. The minimum Gasteiger partial charge on any atom is -0.484 e. The van der Waals surface area contributed by atoms with Gasteiger partial charge in [0, 0.05) is 11.5 Å². The van der Waals surface area contributed by atoms with Crippen molar-refractivity contribution in [3.8, 4) is 5.75 Å². The average Bonchev–Trinajstić information content (AvgIpc) is 2.44. The van der Waals surface area contributed by atoms with Crippen LogP contribution in [0.2, 0.25) is 0 Å². The predicted molar refractivity (Wildman–Crippen MR) is 67.6 cm³/mol. The van der Waals surface area contributed by atoms with E-state index >= 15 is 0 Å². The molecule has 0 saturated carbocycles. The Kier molecular flexibility index (Phi) is 6.29. The largest absolute Gasteiger partial charge is 0.484 e. The predicted octanol–water partition coefficient (Wildman–Crippen LogP) is 2.72. The first-order valence-electron chi connectivity index (χ1n) is 6.00. The van der Waals surface area contributed by atoms with E-state index in [4.69, 9.17) is 5.53 Å². The summed E-state index contributed by atoms with van der Waals surface area (Å²) in [5.41, 5.74) is 8.42. The van der Waals surface area contributed by atoms with Gasteiger partial charge in [0.15, 0.2) is 6.61 Å². The lowest BCUT2D eigenvalue weighted by atomic mass is 10.0. The lowest BCUT2D eigenvalue weighted by Gasteiger charge is -2.17. The van der Waals surface area contributed by atoms with Crippen molar-refractivity contribution in [3.63, 3.8) is 0 Å². The third-order valence-electron chi connectivity index (χ3n) is 2.58. The van der Waals surface area contributed by atoms with Gasteiger partial charge >= 0.3 is 6.18 Å². The van der Waals surface area contributed by atoms with E-state index in [0.29, 0.717) is 5.56 Å². The van der Waals surface area contributed by atoms with Crippen molar-refractivity contribution >= 4 is 0 Å². The number of benzene rings is 1. The molecule has 0 bridgehead atoms. The molecule has 1 aromatic rings. The maximum Gasteiger partial charge on any atom is 0.422 e. The Hall–Kier alpha value is -1.96. The van der Waals surface area contributed by atoms with Crippen LogP contribution in [0.15, 0.2) is 29.4 Å². The van der Waals surface area contributed by atoms with Gasteiger partial charge in [0.05, 0.1) is 6.10 Å². The van der Waals surface area contributed by atoms with Crippen molar-refractivity contribution in [3.05, 3.63) is 40.3 Å². The number of aliphatic hydroxyl groups is 2. The van der Waals surface area contributed by atoms with E-state index in [2.05, 4.69) is 14.8 Å². The van der Waals surface area contributed by atoms with Gasteiger partial charge in [0.25, 0.3) is 0 Å². The van der Waals surface area contributed by atoms with Gasteiger partial charge in [-0.1, -0.05) is 17.2 Å². The lowest BCUT2D eigenvalue weighted by Crippen LogP contribution is -2.20. The highest BCUT2D eigenvalue weighted by molar-refractivity contribution is 5.29. The maximum absolute atomic E-state index is 12.0. The maximum atomic E-state index is 12.0. The third-order valence-corrected chi connectivity index (χ3v) is 2.58. The molecule has 0 heterocycles. The van der Waals surface area contributed by atoms with Crippen molar-refractivity contribution in [2.24, 2.45) is 5.11 Å². The van der Waals surface area contributed by atoms with E-state index in [1.165, 1.54) is 24.3 Å². The number of nitrogens with zero attached hydrogens (tertiary/aromatic N) is 3. The first kappa shape index (κ1) is 17.1. The summed E-state index contributed by atoms with van der Waals surface area (Å²) < 4.78 is 40.4. The first-order chi connectivity index (χ1) is 9.83. The topological polar surface area (TPSA) is 98.5 Å². The molecule has 1 aromatic carbocycles. The fourth-order valence-electron chi connectivity index (χ4n) is 1.54. The molecule has 2 N–H and O–H groups in total. The Morgan fingerprint density at radius 1 is 1.24 bits per heavy atom. The molecule has 0 fully saturated rings. The van der Waals surface area contributed by atoms with Gasteiger partial charge in [0.2, 0.25) is 0 Å². The Balaban J connectivity index is 2.58. The van der Waals surface area contributed by atoms with Crippen LogP contribution < -0.4 is 4.74 Å². The molecule has 1 rings (SSSR count). The van der Waals surface area contributed by atoms with E-state index in [9.17, 15) is 23.4 Å². The average molecular weight is 305 g/mol. The zero-order valence-electron chi connectivity index (χ0n) is 10.9. The Morgan fingerprint density at radius 2 is 1.86 bits per heavy atom. The highest BCUT2D eigenvalue weighted by Gasteiger charge is 2.28. The summed E-state index contributed by atoms with van der Waals surface area (Å²) in [6.07, 6.45) is -6.72. The molecule has 116 valence electrons. The molecular weight excluding hydrogens is 291 g/mol. The summed E-state index contributed by atoms with van der Waals surface area (Å²) >= 11 is 0. The Labute approximate surface area is 118 Å². The van der Waals surface area contributed by atoms with Gasteiger partial charge in [-0.05, 0) is 29.6 Å². The molecule has 0 spiro atoms. The fraction of sp³-hybridized carbons (Fsp3) is 0.500. The molecule has 0 aliphatic heterocycles. The molecule has 21 heavy (non-hydrogen) atoms. The zero-order chi connectivity index (χ0) is 15.9. The SMILES string of the molecule is [N-]=[N+]=NCCC(O)C(O)c1ccc(OCC(F)(F)F)cc1. The number of halogens is 3. The summed E-state index contributed by atoms with van der Waals surface area (Å²) in [5.74, 6) is 0.00634. The first-order valence-corrected chi connectivity index (χ1v) is 6.00. The van der Waals surface area contributed by atoms with Gasteiger partial charge in [-0.2, -0.15) is 13.2 Å². The number of azide groups is 1. The van der Waals surface area contributed by atoms with Crippen LogP contribution >= 0.6 is 0 Å². The van der Waals surface area contributed by atoms with Gasteiger partial charge in [-0.3, -0.25) is 0 Å². The number of hydrogen-bond donors (Lipinski definition) is 2. The van der Waals surface area contributed by atoms with Gasteiger partial charge < -0.3 is 14.9 Å². The summed E-state index contributed by atoms with van der Waals surface area (Å²) in [7, 11) is 0. The number of alkyl halides is 3.